The van der Waals surface area contributed by atoms with Crippen LogP contribution in [0.4, 0.5) is 11.4 Å². The number of nitrogens with one attached hydrogen (secondary N) is 2. The van der Waals surface area contributed by atoms with Crippen LogP contribution in [0, 0.1) is 10.1 Å². The number of nitrogens with zero attached hydrogens (tertiary/aromatic N) is 1. The summed E-state index contributed by atoms with van der Waals surface area (Å²) in [6.07, 6.45) is 0. The highest BCUT2D eigenvalue weighted by Crippen LogP contribution is 2.17. The summed E-state index contributed by atoms with van der Waals surface area (Å²) in [4.78, 5) is 21.5. The third kappa shape index (κ3) is 4.50. The van der Waals surface area contributed by atoms with E-state index in [0.29, 0.717) is 5.75 Å². The Labute approximate surface area is 120 Å². The van der Waals surface area contributed by atoms with Crippen molar-refractivity contribution >= 4 is 17.3 Å². The lowest BCUT2D eigenvalue weighted by atomic mass is 10.3. The molecule has 0 unspecified atom stereocenters. The van der Waals surface area contributed by atoms with Crippen LogP contribution in [-0.4, -0.2) is 17.4 Å². The monoisotopic (exact) mass is 287 g/mol. The van der Waals surface area contributed by atoms with E-state index in [4.69, 9.17) is 4.74 Å². The fourth-order valence-electron chi connectivity index (χ4n) is 1.51. The maximum absolute atomic E-state index is 11.6. The van der Waals surface area contributed by atoms with E-state index in [1.165, 1.54) is 24.3 Å². The SMILES string of the molecule is O=C(COc1ccc([N+](=O)[O-])cc1)NNc1ccccc1. The van der Waals surface area contributed by atoms with E-state index in [9.17, 15) is 14.9 Å². The summed E-state index contributed by atoms with van der Waals surface area (Å²) in [6.45, 7) is -0.197. The molecule has 0 fully saturated rings. The summed E-state index contributed by atoms with van der Waals surface area (Å²) in [5, 5.41) is 10.5. The Bertz CT molecular complexity index is 614. The number of hydrogen-bond donors (Lipinski definition) is 2. The molecule has 2 aromatic rings. The van der Waals surface area contributed by atoms with E-state index in [2.05, 4.69) is 10.9 Å². The van der Waals surface area contributed by atoms with Gasteiger partial charge in [0.2, 0.25) is 0 Å². The molecule has 7 heteroatoms. The minimum absolute atomic E-state index is 0.0301. The zero-order valence-corrected chi connectivity index (χ0v) is 11.0. The fourth-order valence-corrected chi connectivity index (χ4v) is 1.51. The van der Waals surface area contributed by atoms with Crippen LogP contribution in [0.3, 0.4) is 0 Å². The number of amides is 1. The largest absolute Gasteiger partial charge is 0.484 e. The van der Waals surface area contributed by atoms with E-state index in [0.717, 1.165) is 5.69 Å². The summed E-state index contributed by atoms with van der Waals surface area (Å²) in [7, 11) is 0. The number of para-hydroxylation sites is 1. The van der Waals surface area contributed by atoms with Gasteiger partial charge in [0.15, 0.2) is 6.61 Å². The van der Waals surface area contributed by atoms with Gasteiger partial charge in [-0.3, -0.25) is 25.8 Å². The van der Waals surface area contributed by atoms with Gasteiger partial charge in [0, 0.05) is 12.1 Å². The summed E-state index contributed by atoms with van der Waals surface area (Å²) in [5.41, 5.74) is 5.93. The van der Waals surface area contributed by atoms with Crippen molar-refractivity contribution in [2.24, 2.45) is 0 Å². The molecule has 2 N–H and O–H groups in total. The minimum atomic E-state index is -0.500. The van der Waals surface area contributed by atoms with Gasteiger partial charge < -0.3 is 4.74 Å². The molecule has 0 aliphatic rings. The first-order valence-corrected chi connectivity index (χ1v) is 6.12. The molecular formula is C14H13N3O4. The third-order valence-corrected chi connectivity index (χ3v) is 2.54. The van der Waals surface area contributed by atoms with Gasteiger partial charge in [-0.15, -0.1) is 0 Å². The fraction of sp³-hybridized carbons (Fsp3) is 0.0714. The lowest BCUT2D eigenvalue weighted by Crippen LogP contribution is -2.33. The molecule has 0 saturated carbocycles. The van der Waals surface area contributed by atoms with Crippen LogP contribution in [-0.2, 0) is 4.79 Å². The molecule has 0 aliphatic carbocycles. The number of anilines is 1. The number of nitro benzene ring substituents is 1. The summed E-state index contributed by atoms with van der Waals surface area (Å²) < 4.78 is 5.22. The predicted molar refractivity (Wildman–Crippen MR) is 76.8 cm³/mol. The van der Waals surface area contributed by atoms with Crippen molar-refractivity contribution in [3.05, 3.63) is 64.7 Å². The van der Waals surface area contributed by atoms with Gasteiger partial charge in [0.05, 0.1) is 10.6 Å². The van der Waals surface area contributed by atoms with Crippen LogP contribution in [0.1, 0.15) is 0 Å². The van der Waals surface area contributed by atoms with Gasteiger partial charge in [-0.2, -0.15) is 0 Å². The van der Waals surface area contributed by atoms with Crippen molar-refractivity contribution < 1.29 is 14.5 Å². The molecule has 0 bridgehead atoms. The Kier molecular flexibility index (Phi) is 4.70. The van der Waals surface area contributed by atoms with Crippen LogP contribution in [0.25, 0.3) is 0 Å². The molecule has 0 aromatic heterocycles. The summed E-state index contributed by atoms with van der Waals surface area (Å²) in [5.74, 6) is 0.0210. The number of hydrazine groups is 1. The Hall–Kier alpha value is -3.09. The van der Waals surface area contributed by atoms with Gasteiger partial charge >= 0.3 is 0 Å². The number of hydrogen-bond acceptors (Lipinski definition) is 5. The van der Waals surface area contributed by atoms with Crippen LogP contribution in [0.15, 0.2) is 54.6 Å². The number of carbonyl (C=O) groups is 1. The Morgan fingerprint density at radius 2 is 1.76 bits per heavy atom. The normalized spacial score (nSPS) is 9.71. The van der Waals surface area contributed by atoms with E-state index < -0.39 is 4.92 Å². The Balaban J connectivity index is 1.77. The minimum Gasteiger partial charge on any atom is -0.484 e. The summed E-state index contributed by atoms with van der Waals surface area (Å²) >= 11 is 0. The summed E-state index contributed by atoms with van der Waals surface area (Å²) in [6, 6.07) is 14.7. The van der Waals surface area contributed by atoms with E-state index in [1.54, 1.807) is 12.1 Å². The highest BCUT2D eigenvalue weighted by molar-refractivity contribution is 5.78. The van der Waals surface area contributed by atoms with Crippen molar-refractivity contribution in [1.29, 1.82) is 0 Å². The number of nitro groups is 1. The number of ether oxygens (including phenoxy) is 1. The van der Waals surface area contributed by atoms with Crippen molar-refractivity contribution in [2.45, 2.75) is 0 Å². The molecule has 108 valence electrons. The number of benzene rings is 2. The Morgan fingerprint density at radius 3 is 2.38 bits per heavy atom. The van der Waals surface area contributed by atoms with Crippen molar-refractivity contribution in [2.75, 3.05) is 12.0 Å². The lowest BCUT2D eigenvalue weighted by molar-refractivity contribution is -0.384. The van der Waals surface area contributed by atoms with Crippen LogP contribution >= 0.6 is 0 Å². The highest BCUT2D eigenvalue weighted by atomic mass is 16.6. The molecule has 0 heterocycles. The van der Waals surface area contributed by atoms with Crippen molar-refractivity contribution in [1.82, 2.24) is 5.43 Å². The van der Waals surface area contributed by atoms with Gasteiger partial charge in [0.25, 0.3) is 11.6 Å². The second-order valence-corrected chi connectivity index (χ2v) is 4.08. The molecule has 0 spiro atoms. The molecule has 0 radical (unpaired) electrons. The van der Waals surface area contributed by atoms with Gasteiger partial charge in [-0.1, -0.05) is 18.2 Å². The third-order valence-electron chi connectivity index (χ3n) is 2.54. The quantitative estimate of drug-likeness (QED) is 0.627. The second-order valence-electron chi connectivity index (χ2n) is 4.08. The molecule has 2 rings (SSSR count). The molecule has 0 atom stereocenters. The highest BCUT2D eigenvalue weighted by Gasteiger charge is 2.06. The molecule has 2 aromatic carbocycles. The van der Waals surface area contributed by atoms with Gasteiger partial charge in [-0.05, 0) is 24.3 Å². The molecule has 0 aliphatic heterocycles. The average molecular weight is 287 g/mol. The topological polar surface area (TPSA) is 93.5 Å². The predicted octanol–water partition coefficient (Wildman–Crippen LogP) is 2.12. The average Bonchev–Trinajstić information content (AvgIpc) is 2.52. The van der Waals surface area contributed by atoms with Crippen molar-refractivity contribution in [3.63, 3.8) is 0 Å². The zero-order valence-electron chi connectivity index (χ0n) is 11.0. The van der Waals surface area contributed by atoms with Crippen molar-refractivity contribution in [3.8, 4) is 5.75 Å². The number of rotatable bonds is 6. The molecule has 0 saturated heterocycles. The molecular weight excluding hydrogens is 274 g/mol. The van der Waals surface area contributed by atoms with E-state index >= 15 is 0 Å². The first-order chi connectivity index (χ1) is 10.1. The van der Waals surface area contributed by atoms with E-state index in [1.807, 2.05) is 18.2 Å². The van der Waals surface area contributed by atoms with Gasteiger partial charge in [0.1, 0.15) is 5.75 Å². The van der Waals surface area contributed by atoms with Gasteiger partial charge in [-0.25, -0.2) is 0 Å². The standard InChI is InChI=1S/C14H13N3O4/c18-14(16-15-11-4-2-1-3-5-11)10-21-13-8-6-12(7-9-13)17(19)20/h1-9,15H,10H2,(H,16,18). The van der Waals surface area contributed by atoms with Crippen LogP contribution in [0.2, 0.25) is 0 Å². The number of non-ortho nitro benzene ring substituents is 1. The first-order valence-electron chi connectivity index (χ1n) is 6.12. The molecule has 1 amide bonds. The first kappa shape index (κ1) is 14.3. The Morgan fingerprint density at radius 1 is 1.10 bits per heavy atom. The number of carbonyl (C=O) groups excluding carboxylic acids is 1. The van der Waals surface area contributed by atoms with E-state index in [-0.39, 0.29) is 18.2 Å². The van der Waals surface area contributed by atoms with Crippen LogP contribution < -0.4 is 15.6 Å². The smallest absolute Gasteiger partial charge is 0.276 e. The maximum Gasteiger partial charge on any atom is 0.276 e. The maximum atomic E-state index is 11.6. The van der Waals surface area contributed by atoms with Crippen LogP contribution in [0.5, 0.6) is 5.75 Å². The molecule has 21 heavy (non-hydrogen) atoms. The lowest BCUT2D eigenvalue weighted by Gasteiger charge is -2.09. The second kappa shape index (κ2) is 6.90. The zero-order chi connectivity index (χ0) is 15.1. The molecule has 7 nitrogen and oxygen atoms in total.